The number of aryl methyl sites for hydroxylation is 1. The fraction of sp³-hybridized carbons (Fsp3) is 0.600. The number of hydrogen-bond acceptors (Lipinski definition) is 1. The van der Waals surface area contributed by atoms with Crippen LogP contribution in [0.15, 0.2) is 6.07 Å². The molecule has 1 heteroatoms. The van der Waals surface area contributed by atoms with Crippen LogP contribution in [0.2, 0.25) is 0 Å². The molecule has 58 valence electrons. The lowest BCUT2D eigenvalue weighted by Crippen LogP contribution is -2.07. The Bertz CT molecular complexity index is 266. The van der Waals surface area contributed by atoms with E-state index in [-0.39, 0.29) is 0 Å². The van der Waals surface area contributed by atoms with Gasteiger partial charge in [-0.1, -0.05) is 6.92 Å². The molecule has 0 aromatic carbocycles. The van der Waals surface area contributed by atoms with Crippen molar-refractivity contribution < 1.29 is 0 Å². The molecule has 0 atom stereocenters. The van der Waals surface area contributed by atoms with Gasteiger partial charge in [-0.2, -0.15) is 0 Å². The molecule has 3 aliphatic rings. The molecule has 11 heavy (non-hydrogen) atoms. The van der Waals surface area contributed by atoms with Crippen LogP contribution in [0.25, 0.3) is 0 Å². The largest absolute Gasteiger partial charge is 0.145 e. The first-order valence-corrected chi connectivity index (χ1v) is 5.32. The molecule has 0 N–H and O–H groups in total. The predicted molar refractivity (Wildman–Crippen MR) is 48.4 cm³/mol. The Hall–Kier alpha value is -0.300. The van der Waals surface area contributed by atoms with Crippen molar-refractivity contribution in [1.29, 1.82) is 0 Å². The molecule has 1 fully saturated rings. The highest BCUT2D eigenvalue weighted by Crippen LogP contribution is 2.60. The van der Waals surface area contributed by atoms with Crippen molar-refractivity contribution in [2.24, 2.45) is 0 Å². The SMILES string of the molecule is CCc1cc2c(s1)C1CC2C1. The zero-order valence-electron chi connectivity index (χ0n) is 6.76. The lowest BCUT2D eigenvalue weighted by Gasteiger charge is -2.23. The third kappa shape index (κ3) is 0.652. The lowest BCUT2D eigenvalue weighted by molar-refractivity contribution is 0.407. The van der Waals surface area contributed by atoms with Crippen LogP contribution in [0.5, 0.6) is 0 Å². The highest BCUT2D eigenvalue weighted by molar-refractivity contribution is 7.12. The molecular formula is C10H12S. The highest BCUT2D eigenvalue weighted by Gasteiger charge is 2.42. The van der Waals surface area contributed by atoms with Crippen molar-refractivity contribution in [2.45, 2.75) is 38.0 Å². The van der Waals surface area contributed by atoms with E-state index >= 15 is 0 Å². The molecule has 0 saturated heterocycles. The molecular weight excluding hydrogens is 152 g/mol. The summed E-state index contributed by atoms with van der Waals surface area (Å²) in [5.74, 6) is 1.96. The van der Waals surface area contributed by atoms with Crippen molar-refractivity contribution in [3.63, 3.8) is 0 Å². The molecule has 2 bridgehead atoms. The lowest BCUT2D eigenvalue weighted by atomic mass is 9.82. The minimum atomic E-state index is 0.978. The standard InChI is InChI=1S/C10H12S/c1-2-8-5-9-6-3-7(4-6)10(9)11-8/h5-7H,2-4H2,1H3. The van der Waals surface area contributed by atoms with Crippen LogP contribution in [-0.2, 0) is 6.42 Å². The van der Waals surface area contributed by atoms with Crippen LogP contribution in [0.1, 0.15) is 46.9 Å². The van der Waals surface area contributed by atoms with Gasteiger partial charge < -0.3 is 0 Å². The van der Waals surface area contributed by atoms with Crippen LogP contribution in [0.4, 0.5) is 0 Å². The average Bonchev–Trinajstić information content (AvgIpc) is 2.42. The molecule has 0 nitrogen and oxygen atoms in total. The first-order chi connectivity index (χ1) is 5.38. The topological polar surface area (TPSA) is 0 Å². The number of rotatable bonds is 1. The van der Waals surface area contributed by atoms with Gasteiger partial charge in [0.1, 0.15) is 0 Å². The van der Waals surface area contributed by atoms with E-state index in [1.54, 1.807) is 15.3 Å². The number of thiophene rings is 1. The van der Waals surface area contributed by atoms with Gasteiger partial charge in [0.25, 0.3) is 0 Å². The molecule has 1 aromatic rings. The van der Waals surface area contributed by atoms with E-state index in [0.717, 1.165) is 11.8 Å². The minimum absolute atomic E-state index is 0.978. The first-order valence-electron chi connectivity index (χ1n) is 4.51. The van der Waals surface area contributed by atoms with Gasteiger partial charge in [0.15, 0.2) is 0 Å². The van der Waals surface area contributed by atoms with E-state index < -0.39 is 0 Å². The van der Waals surface area contributed by atoms with E-state index in [4.69, 9.17) is 0 Å². The smallest absolute Gasteiger partial charge is 0.0114 e. The van der Waals surface area contributed by atoms with Crippen LogP contribution in [0, 0.1) is 0 Å². The summed E-state index contributed by atoms with van der Waals surface area (Å²) in [6.07, 6.45) is 4.19. The summed E-state index contributed by atoms with van der Waals surface area (Å²) >= 11 is 2.07. The van der Waals surface area contributed by atoms with Crippen molar-refractivity contribution in [1.82, 2.24) is 0 Å². The van der Waals surface area contributed by atoms with E-state index in [1.165, 1.54) is 19.3 Å². The molecule has 3 aliphatic carbocycles. The summed E-state index contributed by atoms with van der Waals surface area (Å²) in [7, 11) is 0. The van der Waals surface area contributed by atoms with Gasteiger partial charge in [0.05, 0.1) is 0 Å². The van der Waals surface area contributed by atoms with Gasteiger partial charge in [0, 0.05) is 9.75 Å². The van der Waals surface area contributed by atoms with Gasteiger partial charge in [-0.15, -0.1) is 11.3 Å². The zero-order chi connectivity index (χ0) is 7.42. The number of hydrogen-bond donors (Lipinski definition) is 0. The Kier molecular flexibility index (Phi) is 1.07. The van der Waals surface area contributed by atoms with Crippen LogP contribution < -0.4 is 0 Å². The summed E-state index contributed by atoms with van der Waals surface area (Å²) < 4.78 is 0. The van der Waals surface area contributed by atoms with Gasteiger partial charge in [0.2, 0.25) is 0 Å². The predicted octanol–water partition coefficient (Wildman–Crippen LogP) is 3.29. The fourth-order valence-electron chi connectivity index (χ4n) is 2.37. The van der Waals surface area contributed by atoms with E-state index in [1.807, 2.05) is 0 Å². The first kappa shape index (κ1) is 6.24. The third-order valence-electron chi connectivity index (χ3n) is 3.14. The normalized spacial score (nSPS) is 31.7. The Morgan fingerprint density at radius 1 is 1.45 bits per heavy atom. The van der Waals surface area contributed by atoms with Crippen LogP contribution in [-0.4, -0.2) is 0 Å². The highest BCUT2D eigenvalue weighted by atomic mass is 32.1. The van der Waals surface area contributed by atoms with E-state index in [0.29, 0.717) is 0 Å². The van der Waals surface area contributed by atoms with E-state index in [9.17, 15) is 0 Å². The summed E-state index contributed by atoms with van der Waals surface area (Å²) in [4.78, 5) is 3.34. The minimum Gasteiger partial charge on any atom is -0.145 e. The molecule has 0 spiro atoms. The molecule has 1 aromatic heterocycles. The second-order valence-electron chi connectivity index (χ2n) is 3.75. The summed E-state index contributed by atoms with van der Waals surface area (Å²) in [5, 5.41) is 0. The Labute approximate surface area is 71.2 Å². The monoisotopic (exact) mass is 164 g/mol. The molecule has 0 amide bonds. The fourth-order valence-corrected chi connectivity index (χ4v) is 3.69. The third-order valence-corrected chi connectivity index (χ3v) is 4.60. The van der Waals surface area contributed by atoms with Crippen molar-refractivity contribution in [3.05, 3.63) is 21.4 Å². The summed E-state index contributed by atoms with van der Waals surface area (Å²) in [5.41, 5.74) is 1.72. The molecule has 1 saturated carbocycles. The Balaban J connectivity index is 2.11. The maximum atomic E-state index is 2.46. The van der Waals surface area contributed by atoms with Crippen molar-refractivity contribution in [3.8, 4) is 0 Å². The molecule has 4 rings (SSSR count). The van der Waals surface area contributed by atoms with Gasteiger partial charge >= 0.3 is 0 Å². The molecule has 0 radical (unpaired) electrons. The van der Waals surface area contributed by atoms with Crippen molar-refractivity contribution in [2.75, 3.05) is 0 Å². The Morgan fingerprint density at radius 2 is 2.27 bits per heavy atom. The molecule has 0 unspecified atom stereocenters. The second-order valence-corrected chi connectivity index (χ2v) is 4.92. The maximum Gasteiger partial charge on any atom is 0.0114 e. The van der Waals surface area contributed by atoms with Crippen LogP contribution in [0.3, 0.4) is 0 Å². The molecule has 0 aliphatic heterocycles. The summed E-state index contributed by atoms with van der Waals surface area (Å²) in [6, 6.07) is 2.46. The van der Waals surface area contributed by atoms with Gasteiger partial charge in [-0.05, 0) is 42.7 Å². The van der Waals surface area contributed by atoms with Crippen molar-refractivity contribution >= 4 is 11.3 Å². The maximum absolute atomic E-state index is 2.46. The van der Waals surface area contributed by atoms with Gasteiger partial charge in [-0.25, -0.2) is 0 Å². The second kappa shape index (κ2) is 1.89. The average molecular weight is 164 g/mol. The van der Waals surface area contributed by atoms with Gasteiger partial charge in [-0.3, -0.25) is 0 Å². The zero-order valence-corrected chi connectivity index (χ0v) is 7.58. The molecule has 1 heterocycles. The summed E-state index contributed by atoms with van der Waals surface area (Å²) in [6.45, 7) is 2.26. The van der Waals surface area contributed by atoms with E-state index in [2.05, 4.69) is 24.3 Å². The van der Waals surface area contributed by atoms with Crippen LogP contribution >= 0.6 is 11.3 Å². The Morgan fingerprint density at radius 3 is 2.91 bits per heavy atom. The quantitative estimate of drug-likeness (QED) is 0.597.